The van der Waals surface area contributed by atoms with E-state index in [-0.39, 0.29) is 0 Å². The summed E-state index contributed by atoms with van der Waals surface area (Å²) < 4.78 is 0. The highest BCUT2D eigenvalue weighted by Gasteiger charge is 2.31. The van der Waals surface area contributed by atoms with Crippen LogP contribution < -0.4 is 10.6 Å². The molecule has 102 valence electrons. The topological polar surface area (TPSA) is 65.9 Å². The summed E-state index contributed by atoms with van der Waals surface area (Å²) in [6.45, 7) is 5.72. The molecule has 1 aliphatic rings. The first-order chi connectivity index (χ1) is 9.19. The Hall–Kier alpha value is -1.60. The maximum atomic E-state index is 9.09. The van der Waals surface area contributed by atoms with Gasteiger partial charge in [-0.1, -0.05) is 6.42 Å². The highest BCUT2D eigenvalue weighted by Crippen LogP contribution is 2.32. The van der Waals surface area contributed by atoms with Crippen LogP contribution >= 0.6 is 0 Å². The van der Waals surface area contributed by atoms with Crippen LogP contribution in [0.25, 0.3) is 0 Å². The number of anilines is 1. The van der Waals surface area contributed by atoms with E-state index in [1.54, 1.807) is 0 Å². The molecule has 0 amide bonds. The van der Waals surface area contributed by atoms with Gasteiger partial charge in [0.1, 0.15) is 5.82 Å². The molecule has 2 N–H and O–H groups in total. The average Bonchev–Trinajstić information content (AvgIpc) is 2.87. The highest BCUT2D eigenvalue weighted by molar-refractivity contribution is 5.47. The number of aromatic nitrogens is 1. The second kappa shape index (κ2) is 6.03. The lowest BCUT2D eigenvalue weighted by molar-refractivity contribution is 0.459. The molecule has 1 fully saturated rings. The molecule has 1 aliphatic carbocycles. The highest BCUT2D eigenvalue weighted by atomic mass is 15.2. The van der Waals surface area contributed by atoms with Crippen LogP contribution in [0.15, 0.2) is 12.1 Å². The maximum absolute atomic E-state index is 9.09. The van der Waals surface area contributed by atoms with Gasteiger partial charge in [-0.3, -0.25) is 0 Å². The fraction of sp³-hybridized carbons (Fsp3) is 0.600. The Labute approximate surface area is 115 Å². The first-order valence-electron chi connectivity index (χ1n) is 7.05. The molecule has 2 rings (SSSR count). The van der Waals surface area contributed by atoms with Crippen molar-refractivity contribution in [3.8, 4) is 6.07 Å². The molecule has 0 spiro atoms. The van der Waals surface area contributed by atoms with E-state index >= 15 is 0 Å². The fourth-order valence-electron chi connectivity index (χ4n) is 3.13. The Morgan fingerprint density at radius 2 is 2.26 bits per heavy atom. The number of nitrogens with two attached hydrogens (primary N) is 1. The Kier molecular flexibility index (Phi) is 4.39. The fourth-order valence-corrected chi connectivity index (χ4v) is 3.13. The van der Waals surface area contributed by atoms with Crippen LogP contribution in [0, 0.1) is 24.2 Å². The zero-order valence-corrected chi connectivity index (χ0v) is 11.8. The van der Waals surface area contributed by atoms with Crippen molar-refractivity contribution >= 4 is 5.82 Å². The van der Waals surface area contributed by atoms with Crippen LogP contribution in [0.4, 0.5) is 5.82 Å². The third-order valence-corrected chi connectivity index (χ3v) is 4.03. The lowest BCUT2D eigenvalue weighted by Gasteiger charge is -2.33. The number of nitriles is 1. The summed E-state index contributed by atoms with van der Waals surface area (Å²) in [4.78, 5) is 6.92. The van der Waals surface area contributed by atoms with Crippen molar-refractivity contribution in [1.29, 1.82) is 5.26 Å². The Morgan fingerprint density at radius 1 is 1.47 bits per heavy atom. The minimum Gasteiger partial charge on any atom is -0.354 e. The molecule has 1 heterocycles. The zero-order chi connectivity index (χ0) is 13.8. The number of pyridine rings is 1. The molecule has 0 radical (unpaired) electrons. The van der Waals surface area contributed by atoms with Crippen molar-refractivity contribution in [1.82, 2.24) is 4.98 Å². The lowest BCUT2D eigenvalue weighted by Crippen LogP contribution is -2.41. The minimum absolute atomic E-state index is 0.468. The SMILES string of the molecule is CCN(c1cc(C#N)cc(C)n1)C1CCCC1CN. The van der Waals surface area contributed by atoms with E-state index in [0.717, 1.165) is 24.6 Å². The second-order valence-corrected chi connectivity index (χ2v) is 5.25. The van der Waals surface area contributed by atoms with E-state index in [1.165, 1.54) is 19.3 Å². The number of hydrogen-bond donors (Lipinski definition) is 1. The molecular formula is C15H22N4. The molecule has 0 aliphatic heterocycles. The van der Waals surface area contributed by atoms with Crippen molar-refractivity contribution in [2.75, 3.05) is 18.0 Å². The molecule has 1 saturated carbocycles. The van der Waals surface area contributed by atoms with Crippen LogP contribution in [0.3, 0.4) is 0 Å². The summed E-state index contributed by atoms with van der Waals surface area (Å²) in [5.74, 6) is 1.47. The van der Waals surface area contributed by atoms with Crippen molar-refractivity contribution in [3.63, 3.8) is 0 Å². The van der Waals surface area contributed by atoms with Gasteiger partial charge in [0.05, 0.1) is 11.6 Å². The van der Waals surface area contributed by atoms with Gasteiger partial charge in [0.25, 0.3) is 0 Å². The van der Waals surface area contributed by atoms with E-state index in [1.807, 2.05) is 19.1 Å². The molecule has 2 atom stereocenters. The molecule has 0 saturated heterocycles. The first-order valence-corrected chi connectivity index (χ1v) is 7.05. The van der Waals surface area contributed by atoms with Gasteiger partial charge in [-0.05, 0) is 51.3 Å². The maximum Gasteiger partial charge on any atom is 0.130 e. The van der Waals surface area contributed by atoms with Crippen molar-refractivity contribution in [2.24, 2.45) is 11.7 Å². The van der Waals surface area contributed by atoms with Gasteiger partial charge < -0.3 is 10.6 Å². The summed E-state index contributed by atoms with van der Waals surface area (Å²) in [5, 5.41) is 9.09. The molecule has 1 aromatic rings. The molecule has 4 heteroatoms. The van der Waals surface area contributed by atoms with Crippen LogP contribution in [0.2, 0.25) is 0 Å². The van der Waals surface area contributed by atoms with E-state index in [0.29, 0.717) is 17.5 Å². The van der Waals surface area contributed by atoms with Crippen LogP contribution in [-0.4, -0.2) is 24.1 Å². The molecule has 2 unspecified atom stereocenters. The van der Waals surface area contributed by atoms with Gasteiger partial charge in [0.2, 0.25) is 0 Å². The third kappa shape index (κ3) is 2.87. The van der Waals surface area contributed by atoms with Crippen molar-refractivity contribution < 1.29 is 0 Å². The van der Waals surface area contributed by atoms with E-state index in [9.17, 15) is 0 Å². The predicted molar refractivity (Wildman–Crippen MR) is 76.9 cm³/mol. The van der Waals surface area contributed by atoms with Crippen molar-refractivity contribution in [3.05, 3.63) is 23.4 Å². The molecule has 0 bridgehead atoms. The number of hydrogen-bond acceptors (Lipinski definition) is 4. The quantitative estimate of drug-likeness (QED) is 0.899. The molecular weight excluding hydrogens is 236 g/mol. The van der Waals surface area contributed by atoms with Gasteiger partial charge in [-0.2, -0.15) is 5.26 Å². The monoisotopic (exact) mass is 258 g/mol. The van der Waals surface area contributed by atoms with Gasteiger partial charge in [-0.15, -0.1) is 0 Å². The summed E-state index contributed by atoms with van der Waals surface area (Å²) in [6.07, 6.45) is 3.61. The van der Waals surface area contributed by atoms with E-state index < -0.39 is 0 Å². The second-order valence-electron chi connectivity index (χ2n) is 5.25. The number of nitrogens with zero attached hydrogens (tertiary/aromatic N) is 3. The number of rotatable bonds is 4. The van der Waals surface area contributed by atoms with Gasteiger partial charge >= 0.3 is 0 Å². The number of aryl methyl sites for hydroxylation is 1. The van der Waals surface area contributed by atoms with Gasteiger partial charge in [0.15, 0.2) is 0 Å². The first kappa shape index (κ1) is 13.8. The van der Waals surface area contributed by atoms with Crippen LogP contribution in [-0.2, 0) is 0 Å². The largest absolute Gasteiger partial charge is 0.354 e. The normalized spacial score (nSPS) is 22.2. The van der Waals surface area contributed by atoms with E-state index in [2.05, 4.69) is 22.9 Å². The van der Waals surface area contributed by atoms with E-state index in [4.69, 9.17) is 11.0 Å². The smallest absolute Gasteiger partial charge is 0.130 e. The average molecular weight is 258 g/mol. The van der Waals surface area contributed by atoms with Crippen LogP contribution in [0.5, 0.6) is 0 Å². The molecule has 0 aromatic carbocycles. The summed E-state index contributed by atoms with van der Waals surface area (Å²) in [7, 11) is 0. The Morgan fingerprint density at radius 3 is 2.89 bits per heavy atom. The zero-order valence-electron chi connectivity index (χ0n) is 11.8. The molecule has 4 nitrogen and oxygen atoms in total. The summed E-state index contributed by atoms with van der Waals surface area (Å²) >= 11 is 0. The molecule has 19 heavy (non-hydrogen) atoms. The van der Waals surface area contributed by atoms with Gasteiger partial charge in [-0.25, -0.2) is 4.98 Å². The van der Waals surface area contributed by atoms with Crippen LogP contribution in [0.1, 0.15) is 37.4 Å². The summed E-state index contributed by atoms with van der Waals surface area (Å²) in [6, 6.07) is 6.40. The minimum atomic E-state index is 0.468. The van der Waals surface area contributed by atoms with Gasteiger partial charge in [0, 0.05) is 18.3 Å². The Bertz CT molecular complexity index is 478. The van der Waals surface area contributed by atoms with Crippen molar-refractivity contribution in [2.45, 2.75) is 39.2 Å². The predicted octanol–water partition coefficient (Wildman–Crippen LogP) is 2.22. The Balaban J connectivity index is 2.31. The molecule has 1 aromatic heterocycles. The third-order valence-electron chi connectivity index (χ3n) is 4.03. The lowest BCUT2D eigenvalue weighted by atomic mass is 10.0. The summed E-state index contributed by atoms with van der Waals surface area (Å²) in [5.41, 5.74) is 7.46. The standard InChI is InChI=1S/C15H22N4/c1-3-19(14-6-4-5-13(14)10-17)15-8-12(9-16)7-11(2)18-15/h7-8,13-14H,3-6,10,17H2,1-2H3.